The molecule has 11 rings (SSSR count). The second kappa shape index (κ2) is 13.4. The summed E-state index contributed by atoms with van der Waals surface area (Å²) in [5.74, 6) is 0. The van der Waals surface area contributed by atoms with Crippen molar-refractivity contribution in [2.45, 2.75) is 0 Å². The Morgan fingerprint density at radius 1 is 0.304 bits per heavy atom. The average Bonchev–Trinajstić information content (AvgIpc) is 3.64. The molecule has 262 valence electrons. The lowest BCUT2D eigenvalue weighted by Gasteiger charge is -2.27. The minimum Gasteiger partial charge on any atom is -0.310 e. The van der Waals surface area contributed by atoms with Gasteiger partial charge in [0, 0.05) is 31.5 Å². The molecule has 10 aromatic carbocycles. The summed E-state index contributed by atoms with van der Waals surface area (Å²) >= 11 is 1.87. The van der Waals surface area contributed by atoms with Gasteiger partial charge in [0.1, 0.15) is 0 Å². The molecule has 56 heavy (non-hydrogen) atoms. The van der Waals surface area contributed by atoms with Crippen LogP contribution in [-0.4, -0.2) is 0 Å². The van der Waals surface area contributed by atoms with Crippen LogP contribution >= 0.6 is 11.3 Å². The average molecular weight is 730 g/mol. The van der Waals surface area contributed by atoms with E-state index in [0.717, 1.165) is 11.4 Å². The van der Waals surface area contributed by atoms with Crippen molar-refractivity contribution in [3.05, 3.63) is 212 Å². The third-order valence-electron chi connectivity index (χ3n) is 11.2. The maximum Gasteiger partial charge on any atom is 0.0554 e. The first kappa shape index (κ1) is 32.4. The molecule has 0 aliphatic carbocycles. The predicted molar refractivity (Wildman–Crippen MR) is 243 cm³/mol. The standard InChI is InChI=1S/C54H35NS/c1-2-12-36(13-3-1)37-24-26-38(27-25-37)39-28-30-44(31-29-39)55(51-22-11-23-52-54(51)50-33-40-14-4-5-15-41(40)35-53(50)56-52)45-18-10-17-42(32-45)49-34-43-16-6-7-19-46(43)47-20-8-9-21-48(47)49/h1-35H. The van der Waals surface area contributed by atoms with E-state index in [0.29, 0.717) is 0 Å². The lowest BCUT2D eigenvalue weighted by atomic mass is 9.93. The van der Waals surface area contributed by atoms with Gasteiger partial charge in [-0.15, -0.1) is 11.3 Å². The minimum absolute atomic E-state index is 1.11. The van der Waals surface area contributed by atoms with E-state index in [2.05, 4.69) is 217 Å². The van der Waals surface area contributed by atoms with Gasteiger partial charge in [-0.05, 0) is 120 Å². The van der Waals surface area contributed by atoms with Crippen LogP contribution in [0.5, 0.6) is 0 Å². The summed E-state index contributed by atoms with van der Waals surface area (Å²) < 4.78 is 2.58. The molecule has 0 amide bonds. The lowest BCUT2D eigenvalue weighted by Crippen LogP contribution is -2.10. The number of fused-ring (bicyclic) bond motifs is 7. The Morgan fingerprint density at radius 2 is 0.875 bits per heavy atom. The molecular formula is C54H35NS. The number of benzene rings is 10. The van der Waals surface area contributed by atoms with Gasteiger partial charge >= 0.3 is 0 Å². The van der Waals surface area contributed by atoms with Gasteiger partial charge in [-0.2, -0.15) is 0 Å². The van der Waals surface area contributed by atoms with E-state index in [1.54, 1.807) is 0 Å². The SMILES string of the molecule is c1ccc(-c2ccc(-c3ccc(N(c4cccc(-c5cc6ccccc6c6ccccc56)c4)c4cccc5sc6cc7ccccc7cc6c45)cc3)cc2)cc1. The second-order valence-electron chi connectivity index (χ2n) is 14.5. The summed E-state index contributed by atoms with van der Waals surface area (Å²) in [7, 11) is 0. The van der Waals surface area contributed by atoms with Gasteiger partial charge in [-0.25, -0.2) is 0 Å². The number of thiophene rings is 1. The number of anilines is 3. The summed E-state index contributed by atoms with van der Waals surface area (Å²) in [5, 5.41) is 10.2. The zero-order valence-electron chi connectivity index (χ0n) is 30.6. The molecule has 0 atom stereocenters. The molecule has 2 heteroatoms. The van der Waals surface area contributed by atoms with Crippen LogP contribution in [0.15, 0.2) is 212 Å². The summed E-state index contributed by atoms with van der Waals surface area (Å²) in [6.07, 6.45) is 0. The molecule has 0 fully saturated rings. The van der Waals surface area contributed by atoms with Crippen molar-refractivity contribution in [2.75, 3.05) is 4.90 Å². The first-order valence-electron chi connectivity index (χ1n) is 19.2. The second-order valence-corrected chi connectivity index (χ2v) is 15.6. The molecule has 0 aliphatic heterocycles. The summed E-state index contributed by atoms with van der Waals surface area (Å²) in [6, 6.07) is 77.8. The molecule has 0 N–H and O–H groups in total. The fourth-order valence-electron chi connectivity index (χ4n) is 8.50. The predicted octanol–water partition coefficient (Wildman–Crippen LogP) is 16.0. The monoisotopic (exact) mass is 729 g/mol. The van der Waals surface area contributed by atoms with Crippen LogP contribution in [0.1, 0.15) is 0 Å². The molecular weight excluding hydrogens is 695 g/mol. The summed E-state index contributed by atoms with van der Waals surface area (Å²) in [5.41, 5.74) is 10.7. The van der Waals surface area contributed by atoms with Crippen molar-refractivity contribution in [1.82, 2.24) is 0 Å². The van der Waals surface area contributed by atoms with Gasteiger partial charge in [-0.3, -0.25) is 0 Å². The van der Waals surface area contributed by atoms with Gasteiger partial charge < -0.3 is 4.90 Å². The van der Waals surface area contributed by atoms with E-state index >= 15 is 0 Å². The molecule has 0 unspecified atom stereocenters. The smallest absolute Gasteiger partial charge is 0.0554 e. The Labute approximate surface area is 330 Å². The Hall–Kier alpha value is -7.00. The highest BCUT2D eigenvalue weighted by Crippen LogP contribution is 2.47. The van der Waals surface area contributed by atoms with Crippen molar-refractivity contribution in [3.8, 4) is 33.4 Å². The normalized spacial score (nSPS) is 11.6. The number of rotatable bonds is 6. The first-order valence-corrected chi connectivity index (χ1v) is 20.0. The third-order valence-corrected chi connectivity index (χ3v) is 12.3. The van der Waals surface area contributed by atoms with E-state index in [-0.39, 0.29) is 0 Å². The molecule has 1 nitrogen and oxygen atoms in total. The first-order chi connectivity index (χ1) is 27.7. The van der Waals surface area contributed by atoms with E-state index in [1.807, 2.05) is 11.3 Å². The van der Waals surface area contributed by atoms with Gasteiger partial charge in [0.2, 0.25) is 0 Å². The van der Waals surface area contributed by atoms with E-state index in [9.17, 15) is 0 Å². The van der Waals surface area contributed by atoms with Crippen LogP contribution in [0.3, 0.4) is 0 Å². The lowest BCUT2D eigenvalue weighted by molar-refractivity contribution is 1.30. The quantitative estimate of drug-likeness (QED) is 0.154. The highest BCUT2D eigenvalue weighted by atomic mass is 32.1. The number of nitrogens with zero attached hydrogens (tertiary/aromatic N) is 1. The molecule has 0 spiro atoms. The van der Waals surface area contributed by atoms with Crippen molar-refractivity contribution in [2.24, 2.45) is 0 Å². The largest absolute Gasteiger partial charge is 0.310 e. The fourth-order valence-corrected chi connectivity index (χ4v) is 9.66. The van der Waals surface area contributed by atoms with Crippen LogP contribution in [0, 0.1) is 0 Å². The fraction of sp³-hybridized carbons (Fsp3) is 0. The number of hydrogen-bond acceptors (Lipinski definition) is 2. The third kappa shape index (κ3) is 5.54. The molecule has 0 bridgehead atoms. The van der Waals surface area contributed by atoms with Crippen LogP contribution in [0.2, 0.25) is 0 Å². The Kier molecular flexibility index (Phi) is 7.75. The van der Waals surface area contributed by atoms with Crippen molar-refractivity contribution in [1.29, 1.82) is 0 Å². The van der Waals surface area contributed by atoms with Crippen molar-refractivity contribution >= 4 is 80.9 Å². The van der Waals surface area contributed by atoms with E-state index < -0.39 is 0 Å². The zero-order valence-corrected chi connectivity index (χ0v) is 31.4. The van der Waals surface area contributed by atoms with Crippen LogP contribution in [0.4, 0.5) is 17.1 Å². The maximum atomic E-state index is 2.46. The molecule has 0 saturated carbocycles. The molecule has 1 aromatic heterocycles. The molecule has 1 heterocycles. The molecule has 0 saturated heterocycles. The van der Waals surface area contributed by atoms with Gasteiger partial charge in [0.05, 0.1) is 5.69 Å². The molecule has 0 aliphatic rings. The molecule has 11 aromatic rings. The summed E-state index contributed by atoms with van der Waals surface area (Å²) in [4.78, 5) is 2.46. The van der Waals surface area contributed by atoms with Crippen LogP contribution < -0.4 is 4.90 Å². The Balaban J connectivity index is 1.09. The Bertz CT molecular complexity index is 3230. The van der Waals surface area contributed by atoms with Crippen molar-refractivity contribution in [3.63, 3.8) is 0 Å². The summed E-state index contributed by atoms with van der Waals surface area (Å²) in [6.45, 7) is 0. The topological polar surface area (TPSA) is 3.24 Å². The van der Waals surface area contributed by atoms with Gasteiger partial charge in [0.25, 0.3) is 0 Å². The minimum atomic E-state index is 1.11. The maximum absolute atomic E-state index is 2.46. The van der Waals surface area contributed by atoms with Crippen LogP contribution in [0.25, 0.3) is 85.9 Å². The Morgan fingerprint density at radius 3 is 1.62 bits per heavy atom. The van der Waals surface area contributed by atoms with Crippen LogP contribution in [-0.2, 0) is 0 Å². The highest BCUT2D eigenvalue weighted by Gasteiger charge is 2.20. The number of hydrogen-bond donors (Lipinski definition) is 0. The van der Waals surface area contributed by atoms with Gasteiger partial charge in [0.15, 0.2) is 0 Å². The molecule has 0 radical (unpaired) electrons. The van der Waals surface area contributed by atoms with E-state index in [1.165, 1.54) is 91.6 Å². The zero-order chi connectivity index (χ0) is 37.0. The van der Waals surface area contributed by atoms with Gasteiger partial charge in [-0.1, -0.05) is 158 Å². The van der Waals surface area contributed by atoms with Crippen molar-refractivity contribution < 1.29 is 0 Å². The highest BCUT2D eigenvalue weighted by molar-refractivity contribution is 7.26. The van der Waals surface area contributed by atoms with E-state index in [4.69, 9.17) is 0 Å².